The number of hydrogen-bond acceptors (Lipinski definition) is 4. The molecule has 0 amide bonds. The molecule has 0 radical (unpaired) electrons. The number of nitrogens with zero attached hydrogens (tertiary/aromatic N) is 3. The van der Waals surface area contributed by atoms with Gasteiger partial charge in [0.2, 0.25) is 0 Å². The van der Waals surface area contributed by atoms with Crippen LogP contribution < -0.4 is 5.32 Å². The summed E-state index contributed by atoms with van der Waals surface area (Å²) in [6.45, 7) is 0.989. The molecule has 0 spiro atoms. The molecule has 2 aromatic rings. The topological polar surface area (TPSA) is 63.0 Å². The number of aliphatic hydroxyl groups is 1. The molecule has 1 aliphatic carbocycles. The van der Waals surface area contributed by atoms with Crippen LogP contribution >= 0.6 is 0 Å². The van der Waals surface area contributed by atoms with Crippen molar-refractivity contribution < 1.29 is 5.11 Å². The fourth-order valence-electron chi connectivity index (χ4n) is 2.72. The van der Waals surface area contributed by atoms with Crippen LogP contribution in [0.5, 0.6) is 0 Å². The Hall–Kier alpha value is -1.98. The highest BCUT2D eigenvalue weighted by Crippen LogP contribution is 2.22. The van der Waals surface area contributed by atoms with Gasteiger partial charge in [-0.1, -0.05) is 12.2 Å². The zero-order valence-corrected chi connectivity index (χ0v) is 12.1. The lowest BCUT2D eigenvalue weighted by Gasteiger charge is -2.12. The van der Waals surface area contributed by atoms with E-state index in [1.54, 1.807) is 12.4 Å². The minimum absolute atomic E-state index is 0.226. The summed E-state index contributed by atoms with van der Waals surface area (Å²) in [7, 11) is 1.94. The third-order valence-electron chi connectivity index (χ3n) is 3.82. The summed E-state index contributed by atoms with van der Waals surface area (Å²) in [6, 6.07) is 4.28. The van der Waals surface area contributed by atoms with Gasteiger partial charge in [-0.2, -0.15) is 5.10 Å². The molecule has 0 bridgehead atoms. The maximum atomic E-state index is 9.17. The van der Waals surface area contributed by atoms with E-state index in [9.17, 15) is 0 Å². The highest BCUT2D eigenvalue weighted by molar-refractivity contribution is 5.61. The van der Waals surface area contributed by atoms with Crippen molar-refractivity contribution in [3.8, 4) is 11.3 Å². The molecule has 5 nitrogen and oxygen atoms in total. The molecule has 0 unspecified atom stereocenters. The predicted molar refractivity (Wildman–Crippen MR) is 81.4 cm³/mol. The van der Waals surface area contributed by atoms with Gasteiger partial charge < -0.3 is 10.4 Å². The maximum Gasteiger partial charge on any atom is 0.0969 e. The van der Waals surface area contributed by atoms with Crippen LogP contribution in [0.2, 0.25) is 0 Å². The van der Waals surface area contributed by atoms with Gasteiger partial charge in [0.25, 0.3) is 0 Å². The molecular weight excluding hydrogens is 264 g/mol. The Morgan fingerprint density at radius 2 is 2.14 bits per heavy atom. The van der Waals surface area contributed by atoms with Crippen molar-refractivity contribution in [2.45, 2.75) is 19.0 Å². The molecule has 2 aromatic heterocycles. The number of aryl methyl sites for hydroxylation is 1. The summed E-state index contributed by atoms with van der Waals surface area (Å²) in [5, 5.41) is 17.2. The summed E-state index contributed by atoms with van der Waals surface area (Å²) < 4.78 is 1.84. The first-order valence-corrected chi connectivity index (χ1v) is 7.21. The van der Waals surface area contributed by atoms with Crippen molar-refractivity contribution in [3.63, 3.8) is 0 Å². The first-order valence-electron chi connectivity index (χ1n) is 7.21. The van der Waals surface area contributed by atoms with Gasteiger partial charge in [-0.15, -0.1) is 0 Å². The zero-order chi connectivity index (χ0) is 14.7. The number of aromatic nitrogens is 3. The number of pyridine rings is 1. The first-order chi connectivity index (χ1) is 10.3. The van der Waals surface area contributed by atoms with Crippen molar-refractivity contribution in [1.82, 2.24) is 20.1 Å². The second kappa shape index (κ2) is 6.20. The summed E-state index contributed by atoms with van der Waals surface area (Å²) in [5.41, 5.74) is 3.25. The quantitative estimate of drug-likeness (QED) is 0.817. The average molecular weight is 284 g/mol. The molecule has 0 aromatic carbocycles. The van der Waals surface area contributed by atoms with Crippen LogP contribution in [0.1, 0.15) is 12.0 Å². The van der Waals surface area contributed by atoms with Crippen LogP contribution in [0.15, 0.2) is 42.9 Å². The highest BCUT2D eigenvalue weighted by Gasteiger charge is 2.18. The average Bonchev–Trinajstić information content (AvgIpc) is 3.12. The largest absolute Gasteiger partial charge is 0.396 e. The molecule has 110 valence electrons. The van der Waals surface area contributed by atoms with Gasteiger partial charge in [-0.25, -0.2) is 0 Å². The van der Waals surface area contributed by atoms with Gasteiger partial charge in [-0.3, -0.25) is 9.67 Å². The van der Waals surface area contributed by atoms with E-state index in [1.807, 2.05) is 30.1 Å². The van der Waals surface area contributed by atoms with E-state index in [0.29, 0.717) is 6.04 Å². The molecule has 1 aliphatic rings. The van der Waals surface area contributed by atoms with Gasteiger partial charge in [-0.05, 0) is 18.6 Å². The van der Waals surface area contributed by atoms with Crippen LogP contribution in [0.4, 0.5) is 0 Å². The molecule has 2 heterocycles. The Labute approximate surface area is 124 Å². The van der Waals surface area contributed by atoms with Crippen molar-refractivity contribution in [2.75, 3.05) is 6.61 Å². The van der Waals surface area contributed by atoms with Gasteiger partial charge in [0.05, 0.1) is 5.69 Å². The predicted octanol–water partition coefficient (Wildman–Crippen LogP) is 1.51. The lowest BCUT2D eigenvalue weighted by Crippen LogP contribution is -2.26. The molecule has 0 fully saturated rings. The molecule has 5 heteroatoms. The van der Waals surface area contributed by atoms with Crippen molar-refractivity contribution >= 4 is 0 Å². The minimum Gasteiger partial charge on any atom is -0.396 e. The Bertz CT molecular complexity index is 620. The standard InChI is InChI=1S/C16H20N4O/c1-20-10-14(9-18-15-3-2-12(8-15)11-21)16(19-20)13-4-6-17-7-5-13/h2-7,10,12,15,18,21H,8-9,11H2,1H3/t12-,15+/m0/s1. The summed E-state index contributed by atoms with van der Waals surface area (Å²) >= 11 is 0. The summed E-state index contributed by atoms with van der Waals surface area (Å²) in [4.78, 5) is 4.05. The van der Waals surface area contributed by atoms with Crippen molar-refractivity contribution in [2.24, 2.45) is 13.0 Å². The Balaban J connectivity index is 1.70. The zero-order valence-electron chi connectivity index (χ0n) is 12.1. The van der Waals surface area contributed by atoms with Crippen LogP contribution in [0.3, 0.4) is 0 Å². The van der Waals surface area contributed by atoms with Gasteiger partial charge in [0.15, 0.2) is 0 Å². The van der Waals surface area contributed by atoms with E-state index in [4.69, 9.17) is 5.11 Å². The number of rotatable bonds is 5. The Morgan fingerprint density at radius 1 is 1.33 bits per heavy atom. The van der Waals surface area contributed by atoms with E-state index in [1.165, 1.54) is 5.56 Å². The molecular formula is C16H20N4O. The van der Waals surface area contributed by atoms with Crippen LogP contribution in [-0.2, 0) is 13.6 Å². The summed E-state index contributed by atoms with van der Waals surface area (Å²) in [6.07, 6.45) is 10.8. The van der Waals surface area contributed by atoms with E-state index in [2.05, 4.69) is 27.6 Å². The fourth-order valence-corrected chi connectivity index (χ4v) is 2.72. The van der Waals surface area contributed by atoms with E-state index >= 15 is 0 Å². The van der Waals surface area contributed by atoms with Crippen molar-refractivity contribution in [3.05, 3.63) is 48.4 Å². The molecule has 3 rings (SSSR count). The van der Waals surface area contributed by atoms with Crippen LogP contribution in [0, 0.1) is 5.92 Å². The SMILES string of the molecule is Cn1cc(CN[C@@H]2C=C[C@H](CO)C2)c(-c2ccncc2)n1. The van der Waals surface area contributed by atoms with Gasteiger partial charge in [0.1, 0.15) is 0 Å². The van der Waals surface area contributed by atoms with Crippen LogP contribution in [0.25, 0.3) is 11.3 Å². The maximum absolute atomic E-state index is 9.17. The Kier molecular flexibility index (Phi) is 4.13. The number of nitrogens with one attached hydrogen (secondary N) is 1. The molecule has 2 N–H and O–H groups in total. The number of hydrogen-bond donors (Lipinski definition) is 2. The Morgan fingerprint density at radius 3 is 2.86 bits per heavy atom. The molecule has 0 aliphatic heterocycles. The third kappa shape index (κ3) is 3.20. The third-order valence-corrected chi connectivity index (χ3v) is 3.82. The minimum atomic E-state index is 0.226. The fraction of sp³-hybridized carbons (Fsp3) is 0.375. The van der Waals surface area contributed by atoms with Gasteiger partial charge >= 0.3 is 0 Å². The molecule has 0 saturated carbocycles. The van der Waals surface area contributed by atoms with E-state index < -0.39 is 0 Å². The molecule has 21 heavy (non-hydrogen) atoms. The molecule has 2 atom stereocenters. The first kappa shape index (κ1) is 14.0. The summed E-state index contributed by atoms with van der Waals surface area (Å²) in [5.74, 6) is 0.288. The van der Waals surface area contributed by atoms with Crippen LogP contribution in [-0.4, -0.2) is 32.5 Å². The number of aliphatic hydroxyl groups excluding tert-OH is 1. The monoisotopic (exact) mass is 284 g/mol. The lowest BCUT2D eigenvalue weighted by atomic mass is 10.1. The lowest BCUT2D eigenvalue weighted by molar-refractivity contribution is 0.246. The van der Waals surface area contributed by atoms with E-state index in [-0.39, 0.29) is 12.5 Å². The second-order valence-corrected chi connectivity index (χ2v) is 5.46. The smallest absolute Gasteiger partial charge is 0.0969 e. The normalized spacial score (nSPS) is 21.0. The van der Waals surface area contributed by atoms with Crippen molar-refractivity contribution in [1.29, 1.82) is 0 Å². The van der Waals surface area contributed by atoms with Gasteiger partial charge in [0, 0.05) is 61.9 Å². The van der Waals surface area contributed by atoms with E-state index in [0.717, 1.165) is 24.2 Å². The second-order valence-electron chi connectivity index (χ2n) is 5.46. The highest BCUT2D eigenvalue weighted by atomic mass is 16.3. The molecule has 0 saturated heterocycles.